The number of esters is 1. The standard InChI is InChI=1S/C17H23NO5/c1-5-21-14(19)13-11-7-9-18(15(20)23-16(2,3)4)10-17(11)8-6-12(13)22-17/h6-8,12-13H,5,9-10H2,1-4H3/t12-,13-,17-/m0/s1. The number of hydrogen-bond acceptors (Lipinski definition) is 5. The van der Waals surface area contributed by atoms with Crippen molar-refractivity contribution in [2.75, 3.05) is 19.7 Å². The van der Waals surface area contributed by atoms with Crippen molar-refractivity contribution in [1.29, 1.82) is 0 Å². The van der Waals surface area contributed by atoms with Crippen molar-refractivity contribution in [1.82, 2.24) is 4.90 Å². The van der Waals surface area contributed by atoms with Gasteiger partial charge in [-0.15, -0.1) is 0 Å². The van der Waals surface area contributed by atoms with Gasteiger partial charge in [-0.2, -0.15) is 0 Å². The van der Waals surface area contributed by atoms with Crippen molar-refractivity contribution >= 4 is 12.1 Å². The molecule has 1 saturated heterocycles. The van der Waals surface area contributed by atoms with Gasteiger partial charge in [0.1, 0.15) is 17.1 Å². The van der Waals surface area contributed by atoms with Gasteiger partial charge in [0, 0.05) is 6.54 Å². The van der Waals surface area contributed by atoms with Gasteiger partial charge in [-0.25, -0.2) is 4.79 Å². The van der Waals surface area contributed by atoms with Crippen molar-refractivity contribution in [3.63, 3.8) is 0 Å². The number of ether oxygens (including phenoxy) is 3. The Morgan fingerprint density at radius 2 is 2.17 bits per heavy atom. The van der Waals surface area contributed by atoms with Crippen LogP contribution < -0.4 is 0 Å². The molecule has 3 aliphatic rings. The van der Waals surface area contributed by atoms with E-state index in [0.717, 1.165) is 5.57 Å². The van der Waals surface area contributed by atoms with E-state index >= 15 is 0 Å². The van der Waals surface area contributed by atoms with Crippen molar-refractivity contribution in [2.45, 2.75) is 45.0 Å². The zero-order valence-corrected chi connectivity index (χ0v) is 14.0. The average molecular weight is 321 g/mol. The number of nitrogens with zero attached hydrogens (tertiary/aromatic N) is 1. The first-order valence-corrected chi connectivity index (χ1v) is 7.98. The summed E-state index contributed by atoms with van der Waals surface area (Å²) in [6.45, 7) is 8.41. The third-order valence-electron chi connectivity index (χ3n) is 4.20. The van der Waals surface area contributed by atoms with Crippen molar-refractivity contribution in [3.05, 3.63) is 23.8 Å². The van der Waals surface area contributed by atoms with E-state index in [2.05, 4.69) is 0 Å². The maximum Gasteiger partial charge on any atom is 0.410 e. The van der Waals surface area contributed by atoms with Gasteiger partial charge in [0.15, 0.2) is 0 Å². The molecule has 3 atom stereocenters. The Hall–Kier alpha value is -1.82. The Morgan fingerprint density at radius 3 is 2.83 bits per heavy atom. The first-order valence-electron chi connectivity index (χ1n) is 7.98. The van der Waals surface area contributed by atoms with E-state index in [-0.39, 0.29) is 18.2 Å². The predicted octanol–water partition coefficient (Wildman–Crippen LogP) is 2.05. The summed E-state index contributed by atoms with van der Waals surface area (Å²) in [6, 6.07) is 0. The van der Waals surface area contributed by atoms with E-state index < -0.39 is 17.1 Å². The van der Waals surface area contributed by atoms with Gasteiger partial charge >= 0.3 is 12.1 Å². The van der Waals surface area contributed by atoms with Crippen LogP contribution in [0.4, 0.5) is 4.79 Å². The molecular weight excluding hydrogens is 298 g/mol. The lowest BCUT2D eigenvalue weighted by Gasteiger charge is -2.37. The van der Waals surface area contributed by atoms with Crippen LogP contribution in [0.3, 0.4) is 0 Å². The molecule has 0 aromatic carbocycles. The maximum absolute atomic E-state index is 12.3. The van der Waals surface area contributed by atoms with Crippen LogP contribution in [-0.2, 0) is 19.0 Å². The molecule has 6 heteroatoms. The van der Waals surface area contributed by atoms with Gasteiger partial charge in [0.25, 0.3) is 0 Å². The van der Waals surface area contributed by atoms with Crippen LogP contribution in [0.1, 0.15) is 27.7 Å². The third kappa shape index (κ3) is 2.76. The molecular formula is C17H23NO5. The summed E-state index contributed by atoms with van der Waals surface area (Å²) in [4.78, 5) is 26.1. The summed E-state index contributed by atoms with van der Waals surface area (Å²) < 4.78 is 16.6. The lowest BCUT2D eigenvalue weighted by Crippen LogP contribution is -2.50. The van der Waals surface area contributed by atoms with E-state index in [4.69, 9.17) is 14.2 Å². The molecule has 0 aliphatic carbocycles. The molecule has 2 bridgehead atoms. The highest BCUT2D eigenvalue weighted by molar-refractivity contribution is 5.80. The number of carbonyl (C=O) groups excluding carboxylic acids is 2. The lowest BCUT2D eigenvalue weighted by molar-refractivity contribution is -0.148. The van der Waals surface area contributed by atoms with E-state index in [1.165, 1.54) is 0 Å². The fourth-order valence-corrected chi connectivity index (χ4v) is 3.35. The number of amides is 1. The van der Waals surface area contributed by atoms with Crippen LogP contribution in [0.5, 0.6) is 0 Å². The number of rotatable bonds is 2. The van der Waals surface area contributed by atoms with E-state index in [9.17, 15) is 9.59 Å². The van der Waals surface area contributed by atoms with Crippen LogP contribution in [0.2, 0.25) is 0 Å². The molecule has 0 aromatic heterocycles. The number of fused-ring (bicyclic) bond motifs is 1. The molecule has 1 spiro atoms. The molecule has 126 valence electrons. The Morgan fingerprint density at radius 1 is 1.43 bits per heavy atom. The fourth-order valence-electron chi connectivity index (χ4n) is 3.35. The maximum atomic E-state index is 12.3. The minimum Gasteiger partial charge on any atom is -0.465 e. The van der Waals surface area contributed by atoms with Crippen molar-refractivity contribution in [2.24, 2.45) is 5.92 Å². The average Bonchev–Trinajstić information content (AvgIpc) is 2.99. The highest BCUT2D eigenvalue weighted by Gasteiger charge is 2.58. The van der Waals surface area contributed by atoms with Gasteiger partial charge in [-0.05, 0) is 39.3 Å². The molecule has 0 aromatic rings. The Kier molecular flexibility index (Phi) is 3.75. The molecule has 0 unspecified atom stereocenters. The summed E-state index contributed by atoms with van der Waals surface area (Å²) in [6.07, 6.45) is 5.05. The van der Waals surface area contributed by atoms with Gasteiger partial charge < -0.3 is 19.1 Å². The molecule has 3 heterocycles. The summed E-state index contributed by atoms with van der Waals surface area (Å²) in [5, 5.41) is 0. The van der Waals surface area contributed by atoms with E-state index in [0.29, 0.717) is 19.7 Å². The molecule has 0 N–H and O–H groups in total. The molecule has 0 saturated carbocycles. The van der Waals surface area contributed by atoms with Crippen molar-refractivity contribution in [3.8, 4) is 0 Å². The highest BCUT2D eigenvalue weighted by atomic mass is 16.6. The predicted molar refractivity (Wildman–Crippen MR) is 82.8 cm³/mol. The van der Waals surface area contributed by atoms with Crippen LogP contribution in [-0.4, -0.2) is 54.0 Å². The minimum absolute atomic E-state index is 0.263. The van der Waals surface area contributed by atoms with Gasteiger partial charge in [0.2, 0.25) is 0 Å². The SMILES string of the molecule is CCOC(=O)[C@H]1C2=CCN(C(=O)OC(C)(C)C)C[C@@]23C=C[C@@H]1O3. The zero-order valence-electron chi connectivity index (χ0n) is 14.0. The summed E-state index contributed by atoms with van der Waals surface area (Å²) in [7, 11) is 0. The summed E-state index contributed by atoms with van der Waals surface area (Å²) in [5.74, 6) is -0.665. The second-order valence-corrected chi connectivity index (χ2v) is 7.08. The normalized spacial score (nSPS) is 31.7. The second kappa shape index (κ2) is 5.37. The Bertz CT molecular complexity index is 588. The van der Waals surface area contributed by atoms with Crippen LogP contribution in [0, 0.1) is 5.92 Å². The Labute approximate surface area is 136 Å². The number of hydrogen-bond donors (Lipinski definition) is 0. The molecule has 1 fully saturated rings. The van der Waals surface area contributed by atoms with Crippen LogP contribution in [0.25, 0.3) is 0 Å². The van der Waals surface area contributed by atoms with Gasteiger partial charge in [0.05, 0.1) is 19.3 Å². The number of carbonyl (C=O) groups is 2. The molecule has 0 radical (unpaired) electrons. The van der Waals surface area contributed by atoms with E-state index in [1.807, 2.05) is 39.0 Å². The quantitative estimate of drug-likeness (QED) is 0.575. The third-order valence-corrected chi connectivity index (χ3v) is 4.20. The molecule has 23 heavy (non-hydrogen) atoms. The summed E-state index contributed by atoms with van der Waals surface area (Å²) in [5.41, 5.74) is -0.350. The van der Waals surface area contributed by atoms with Crippen molar-refractivity contribution < 1.29 is 23.8 Å². The van der Waals surface area contributed by atoms with Gasteiger partial charge in [-0.1, -0.05) is 12.2 Å². The van der Waals surface area contributed by atoms with Crippen LogP contribution in [0.15, 0.2) is 23.8 Å². The smallest absolute Gasteiger partial charge is 0.410 e. The lowest BCUT2D eigenvalue weighted by atomic mass is 9.78. The topological polar surface area (TPSA) is 65.1 Å². The van der Waals surface area contributed by atoms with E-state index in [1.54, 1.807) is 11.8 Å². The molecule has 6 nitrogen and oxygen atoms in total. The van der Waals surface area contributed by atoms with Gasteiger partial charge in [-0.3, -0.25) is 4.79 Å². The highest BCUT2D eigenvalue weighted by Crippen LogP contribution is 2.49. The summed E-state index contributed by atoms with van der Waals surface area (Å²) >= 11 is 0. The Balaban J connectivity index is 1.80. The first-order chi connectivity index (χ1) is 10.8. The largest absolute Gasteiger partial charge is 0.465 e. The van der Waals surface area contributed by atoms with Crippen LogP contribution >= 0.6 is 0 Å². The molecule has 1 amide bonds. The second-order valence-electron chi connectivity index (χ2n) is 7.08. The molecule has 3 rings (SSSR count). The monoisotopic (exact) mass is 321 g/mol. The fraction of sp³-hybridized carbons (Fsp3) is 0.647. The first kappa shape index (κ1) is 16.1. The minimum atomic E-state index is -0.711. The zero-order chi connectivity index (χ0) is 16.8. The molecule has 3 aliphatic heterocycles.